The molecule has 0 bridgehead atoms. The summed E-state index contributed by atoms with van der Waals surface area (Å²) in [5, 5.41) is 0.253. The molecular formula is C5H8N2S. The van der Waals surface area contributed by atoms with Gasteiger partial charge in [-0.1, -0.05) is 12.7 Å². The van der Waals surface area contributed by atoms with Crippen molar-refractivity contribution in [1.82, 2.24) is 0 Å². The lowest BCUT2D eigenvalue weighted by Crippen LogP contribution is -1.99. The van der Waals surface area contributed by atoms with E-state index in [1.807, 2.05) is 0 Å². The number of thiol groups is 1. The number of aliphatic imine (C=N–C) groups is 1. The number of rotatable bonds is 2. The lowest BCUT2D eigenvalue weighted by molar-refractivity contribution is 1.54. The minimum Gasteiger partial charge on any atom is -0.378 e. The van der Waals surface area contributed by atoms with Gasteiger partial charge < -0.3 is 5.73 Å². The topological polar surface area (TPSA) is 38.4 Å². The molecule has 0 spiro atoms. The number of amidine groups is 1. The average molecular weight is 128 g/mol. The molecule has 0 saturated heterocycles. The Labute approximate surface area is 54.2 Å². The highest BCUT2D eigenvalue weighted by Gasteiger charge is 1.68. The number of allylic oxidation sites excluding steroid dienone is 2. The fourth-order valence-corrected chi connectivity index (χ4v) is 0.247. The second-order valence-corrected chi connectivity index (χ2v) is 1.52. The molecule has 8 heavy (non-hydrogen) atoms. The molecule has 3 heteroatoms. The summed E-state index contributed by atoms with van der Waals surface area (Å²) in [4.78, 5) is 3.62. The molecule has 0 unspecified atom stereocenters. The maximum absolute atomic E-state index is 5.06. The Balaban J connectivity index is 3.57. The minimum absolute atomic E-state index is 0.253. The zero-order chi connectivity index (χ0) is 6.41. The van der Waals surface area contributed by atoms with Crippen LogP contribution in [0.1, 0.15) is 0 Å². The first-order valence-electron chi connectivity index (χ1n) is 2.07. The van der Waals surface area contributed by atoms with Crippen molar-refractivity contribution in [3.05, 3.63) is 24.9 Å². The summed E-state index contributed by atoms with van der Waals surface area (Å²) in [6.45, 7) is 3.44. The molecule has 0 atom stereocenters. The molecule has 0 aliphatic carbocycles. The quantitative estimate of drug-likeness (QED) is 0.247. The molecule has 0 aromatic rings. The molecule has 0 rings (SSSR count). The number of nitrogens with zero attached hydrogens (tertiary/aromatic N) is 1. The minimum atomic E-state index is 0.253. The Kier molecular flexibility index (Phi) is 4.07. The average Bonchev–Trinajstić information content (AvgIpc) is 1.66. The standard InChI is InChI=1S/C5H8N2S/c1-2-3-4-7-5(6)8/h2-4H,1H2,(H3,6,7,8)/b4-3-. The summed E-state index contributed by atoms with van der Waals surface area (Å²) >= 11 is 3.71. The lowest BCUT2D eigenvalue weighted by atomic mass is 10.6. The van der Waals surface area contributed by atoms with Gasteiger partial charge in [0.2, 0.25) is 0 Å². The van der Waals surface area contributed by atoms with E-state index in [0.29, 0.717) is 0 Å². The lowest BCUT2D eigenvalue weighted by Gasteiger charge is -1.78. The van der Waals surface area contributed by atoms with E-state index < -0.39 is 0 Å². The van der Waals surface area contributed by atoms with Crippen LogP contribution in [0.4, 0.5) is 0 Å². The fraction of sp³-hybridized carbons (Fsp3) is 0. The van der Waals surface area contributed by atoms with Gasteiger partial charge in [-0.25, -0.2) is 4.99 Å². The summed E-state index contributed by atoms with van der Waals surface area (Å²) < 4.78 is 0. The highest BCUT2D eigenvalue weighted by Crippen LogP contribution is 1.78. The van der Waals surface area contributed by atoms with Gasteiger partial charge in [0.15, 0.2) is 5.17 Å². The van der Waals surface area contributed by atoms with E-state index in [1.165, 1.54) is 6.20 Å². The van der Waals surface area contributed by atoms with E-state index in [1.54, 1.807) is 12.2 Å². The van der Waals surface area contributed by atoms with Gasteiger partial charge in [-0.15, -0.1) is 12.6 Å². The zero-order valence-electron chi connectivity index (χ0n) is 4.41. The maximum atomic E-state index is 5.06. The number of hydrogen-bond acceptors (Lipinski definition) is 1. The van der Waals surface area contributed by atoms with Gasteiger partial charge in [-0.2, -0.15) is 0 Å². The van der Waals surface area contributed by atoms with Gasteiger partial charge in [-0.05, 0) is 6.08 Å². The van der Waals surface area contributed by atoms with Crippen molar-refractivity contribution < 1.29 is 0 Å². The molecule has 2 nitrogen and oxygen atoms in total. The molecular weight excluding hydrogens is 120 g/mol. The first kappa shape index (κ1) is 7.30. The molecule has 0 heterocycles. The number of hydrogen-bond donors (Lipinski definition) is 2. The second kappa shape index (κ2) is 4.46. The van der Waals surface area contributed by atoms with Crippen molar-refractivity contribution in [3.8, 4) is 0 Å². The predicted molar refractivity (Wildman–Crippen MR) is 39.9 cm³/mol. The van der Waals surface area contributed by atoms with Crippen LogP contribution in [-0.2, 0) is 0 Å². The van der Waals surface area contributed by atoms with E-state index in [-0.39, 0.29) is 5.17 Å². The van der Waals surface area contributed by atoms with E-state index in [4.69, 9.17) is 5.73 Å². The van der Waals surface area contributed by atoms with Gasteiger partial charge in [0.25, 0.3) is 0 Å². The summed E-state index contributed by atoms with van der Waals surface area (Å²) in [5.74, 6) is 0. The molecule has 0 saturated carbocycles. The smallest absolute Gasteiger partial charge is 0.155 e. The molecule has 0 aliphatic rings. The Morgan fingerprint density at radius 3 is 2.75 bits per heavy atom. The van der Waals surface area contributed by atoms with Crippen molar-refractivity contribution in [2.24, 2.45) is 10.7 Å². The first-order chi connectivity index (χ1) is 3.77. The molecule has 0 aromatic carbocycles. The largest absolute Gasteiger partial charge is 0.378 e. The van der Waals surface area contributed by atoms with Crippen molar-refractivity contribution in [3.63, 3.8) is 0 Å². The van der Waals surface area contributed by atoms with Crippen molar-refractivity contribution in [2.45, 2.75) is 0 Å². The first-order valence-corrected chi connectivity index (χ1v) is 2.52. The Bertz CT molecular complexity index is 122. The van der Waals surface area contributed by atoms with Gasteiger partial charge in [0.1, 0.15) is 0 Å². The third-order valence-corrected chi connectivity index (χ3v) is 0.544. The fourth-order valence-electron chi connectivity index (χ4n) is 0.180. The van der Waals surface area contributed by atoms with Crippen LogP contribution in [0.2, 0.25) is 0 Å². The van der Waals surface area contributed by atoms with Crippen LogP contribution in [0.15, 0.2) is 29.9 Å². The Hall–Kier alpha value is -0.700. The SMILES string of the molecule is C=C/C=C\N=C(/N)S. The maximum Gasteiger partial charge on any atom is 0.155 e. The van der Waals surface area contributed by atoms with Crippen molar-refractivity contribution >= 4 is 17.8 Å². The normalized spacial score (nSPS) is 12.4. The van der Waals surface area contributed by atoms with E-state index in [0.717, 1.165) is 0 Å². The zero-order valence-corrected chi connectivity index (χ0v) is 5.31. The van der Waals surface area contributed by atoms with Crippen LogP contribution in [-0.4, -0.2) is 5.17 Å². The molecule has 0 aromatic heterocycles. The molecule has 44 valence electrons. The van der Waals surface area contributed by atoms with Gasteiger partial charge >= 0.3 is 0 Å². The second-order valence-electron chi connectivity index (χ2n) is 1.06. The third-order valence-electron chi connectivity index (χ3n) is 0.429. The monoisotopic (exact) mass is 128 g/mol. The van der Waals surface area contributed by atoms with Crippen LogP contribution in [0.25, 0.3) is 0 Å². The van der Waals surface area contributed by atoms with Gasteiger partial charge in [0.05, 0.1) is 0 Å². The van der Waals surface area contributed by atoms with E-state index >= 15 is 0 Å². The summed E-state index contributed by atoms with van der Waals surface area (Å²) in [7, 11) is 0. The molecule has 0 radical (unpaired) electrons. The Morgan fingerprint density at radius 1 is 1.75 bits per heavy atom. The molecule has 0 amide bonds. The van der Waals surface area contributed by atoms with Crippen LogP contribution in [0, 0.1) is 0 Å². The molecule has 0 fully saturated rings. The van der Waals surface area contributed by atoms with Crippen LogP contribution < -0.4 is 5.73 Å². The van der Waals surface area contributed by atoms with Crippen molar-refractivity contribution in [2.75, 3.05) is 0 Å². The molecule has 2 N–H and O–H groups in total. The summed E-state index contributed by atoms with van der Waals surface area (Å²) in [6.07, 6.45) is 4.80. The van der Waals surface area contributed by atoms with Crippen molar-refractivity contribution in [1.29, 1.82) is 0 Å². The number of nitrogens with two attached hydrogens (primary N) is 1. The van der Waals surface area contributed by atoms with Crippen LogP contribution in [0.3, 0.4) is 0 Å². The highest BCUT2D eigenvalue weighted by molar-refractivity contribution is 7.96. The highest BCUT2D eigenvalue weighted by atomic mass is 32.1. The van der Waals surface area contributed by atoms with Crippen LogP contribution >= 0.6 is 12.6 Å². The van der Waals surface area contributed by atoms with Gasteiger partial charge in [-0.3, -0.25) is 0 Å². The third kappa shape index (κ3) is 5.30. The summed E-state index contributed by atoms with van der Waals surface area (Å²) in [5.41, 5.74) is 5.06. The van der Waals surface area contributed by atoms with Crippen LogP contribution in [0.5, 0.6) is 0 Å². The van der Waals surface area contributed by atoms with E-state index in [9.17, 15) is 0 Å². The predicted octanol–water partition coefficient (Wildman–Crippen LogP) is 0.931. The van der Waals surface area contributed by atoms with E-state index in [2.05, 4.69) is 24.2 Å². The Morgan fingerprint density at radius 2 is 2.38 bits per heavy atom. The molecule has 0 aliphatic heterocycles. The summed E-state index contributed by atoms with van der Waals surface area (Å²) in [6, 6.07) is 0. The van der Waals surface area contributed by atoms with Gasteiger partial charge in [0, 0.05) is 6.20 Å².